The number of hydrogen-bond donors (Lipinski definition) is 2. The van der Waals surface area contributed by atoms with Gasteiger partial charge in [-0.25, -0.2) is 0 Å². The summed E-state index contributed by atoms with van der Waals surface area (Å²) >= 11 is 3.38. The van der Waals surface area contributed by atoms with Crippen LogP contribution in [0.25, 0.3) is 0 Å². The van der Waals surface area contributed by atoms with E-state index in [-0.39, 0.29) is 11.4 Å². The molecule has 94 valence electrons. The first-order valence-electron chi connectivity index (χ1n) is 5.67. The maximum atomic E-state index is 11.5. The number of amides is 1. The van der Waals surface area contributed by atoms with Crippen molar-refractivity contribution in [3.63, 3.8) is 0 Å². The summed E-state index contributed by atoms with van der Waals surface area (Å²) in [5, 5.41) is 6.13. The van der Waals surface area contributed by atoms with Crippen molar-refractivity contribution in [2.45, 2.75) is 32.7 Å². The van der Waals surface area contributed by atoms with Crippen molar-refractivity contribution in [1.29, 1.82) is 0 Å². The van der Waals surface area contributed by atoms with Crippen LogP contribution in [0.15, 0.2) is 28.7 Å². The minimum atomic E-state index is -0.158. The first kappa shape index (κ1) is 14.0. The molecular formula is C13H19BrN2O. The standard InChI is InChI=1S/C13H19BrN2O/c1-13(2,3)16-12(17)8-9-15-11-6-4-10(14)5-7-11/h4-7,15H,8-9H2,1-3H3,(H,16,17). The zero-order chi connectivity index (χ0) is 12.9. The fourth-order valence-corrected chi connectivity index (χ4v) is 1.63. The minimum absolute atomic E-state index is 0.0714. The predicted molar refractivity (Wildman–Crippen MR) is 75.1 cm³/mol. The molecule has 0 aliphatic heterocycles. The monoisotopic (exact) mass is 298 g/mol. The summed E-state index contributed by atoms with van der Waals surface area (Å²) in [6.45, 7) is 6.58. The molecule has 3 nitrogen and oxygen atoms in total. The van der Waals surface area contributed by atoms with E-state index in [0.717, 1.165) is 10.2 Å². The first-order chi connectivity index (χ1) is 7.87. The number of hydrogen-bond acceptors (Lipinski definition) is 2. The SMILES string of the molecule is CC(C)(C)NC(=O)CCNc1ccc(Br)cc1. The smallest absolute Gasteiger partial charge is 0.222 e. The van der Waals surface area contributed by atoms with Crippen molar-refractivity contribution in [2.75, 3.05) is 11.9 Å². The topological polar surface area (TPSA) is 41.1 Å². The van der Waals surface area contributed by atoms with Crippen LogP contribution in [0, 0.1) is 0 Å². The Labute approximate surface area is 111 Å². The number of nitrogens with one attached hydrogen (secondary N) is 2. The maximum absolute atomic E-state index is 11.5. The summed E-state index contributed by atoms with van der Waals surface area (Å²) in [7, 11) is 0. The van der Waals surface area contributed by atoms with Crippen molar-refractivity contribution >= 4 is 27.5 Å². The summed E-state index contributed by atoms with van der Waals surface area (Å²) in [5.41, 5.74) is 0.867. The van der Waals surface area contributed by atoms with E-state index in [4.69, 9.17) is 0 Å². The van der Waals surface area contributed by atoms with Crippen LogP contribution in [-0.2, 0) is 4.79 Å². The molecule has 0 saturated heterocycles. The molecule has 0 spiro atoms. The lowest BCUT2D eigenvalue weighted by atomic mass is 10.1. The molecule has 0 aliphatic carbocycles. The number of carbonyl (C=O) groups is 1. The summed E-state index contributed by atoms with van der Waals surface area (Å²) in [6.07, 6.45) is 0.479. The van der Waals surface area contributed by atoms with Gasteiger partial charge in [0.1, 0.15) is 0 Å². The molecule has 0 bridgehead atoms. The van der Waals surface area contributed by atoms with Crippen molar-refractivity contribution in [3.05, 3.63) is 28.7 Å². The Morgan fingerprint density at radius 2 is 1.82 bits per heavy atom. The summed E-state index contributed by atoms with van der Waals surface area (Å²) in [4.78, 5) is 11.5. The third-order valence-corrected chi connectivity index (χ3v) is 2.57. The Kier molecular flexibility index (Phi) is 5.00. The normalized spacial score (nSPS) is 11.1. The third-order valence-electron chi connectivity index (χ3n) is 2.04. The van der Waals surface area contributed by atoms with Crippen molar-refractivity contribution in [1.82, 2.24) is 5.32 Å². The molecule has 0 atom stereocenters. The summed E-state index contributed by atoms with van der Waals surface area (Å²) in [5.74, 6) is 0.0714. The van der Waals surface area contributed by atoms with Gasteiger partial charge in [0.15, 0.2) is 0 Å². The number of rotatable bonds is 4. The Morgan fingerprint density at radius 1 is 1.24 bits per heavy atom. The molecule has 1 rings (SSSR count). The second-order valence-corrected chi connectivity index (χ2v) is 5.90. The molecule has 0 unspecified atom stereocenters. The molecule has 0 aromatic heterocycles. The maximum Gasteiger partial charge on any atom is 0.222 e. The van der Waals surface area contributed by atoms with Gasteiger partial charge >= 0.3 is 0 Å². The highest BCUT2D eigenvalue weighted by atomic mass is 79.9. The molecule has 1 aromatic rings. The molecule has 0 saturated carbocycles. The van der Waals surface area contributed by atoms with Gasteiger partial charge in [0.2, 0.25) is 5.91 Å². The Bertz CT molecular complexity index is 368. The van der Waals surface area contributed by atoms with Crippen LogP contribution in [0.5, 0.6) is 0 Å². The highest BCUT2D eigenvalue weighted by Crippen LogP contribution is 2.13. The Balaban J connectivity index is 2.28. The third kappa shape index (κ3) is 6.31. The van der Waals surface area contributed by atoms with E-state index in [1.807, 2.05) is 45.0 Å². The number of halogens is 1. The van der Waals surface area contributed by atoms with Crippen LogP contribution in [0.2, 0.25) is 0 Å². The van der Waals surface area contributed by atoms with Gasteiger partial charge in [-0.05, 0) is 45.0 Å². The molecule has 0 radical (unpaired) electrons. The zero-order valence-electron chi connectivity index (χ0n) is 10.5. The number of anilines is 1. The average molecular weight is 299 g/mol. The second kappa shape index (κ2) is 6.05. The van der Waals surface area contributed by atoms with E-state index in [1.165, 1.54) is 0 Å². The summed E-state index contributed by atoms with van der Waals surface area (Å²) < 4.78 is 1.05. The molecule has 1 amide bonds. The van der Waals surface area contributed by atoms with Crippen LogP contribution in [0.4, 0.5) is 5.69 Å². The van der Waals surface area contributed by atoms with Gasteiger partial charge in [0.05, 0.1) is 0 Å². The minimum Gasteiger partial charge on any atom is -0.385 e. The van der Waals surface area contributed by atoms with Crippen molar-refractivity contribution < 1.29 is 4.79 Å². The Morgan fingerprint density at radius 3 is 2.35 bits per heavy atom. The number of benzene rings is 1. The molecular weight excluding hydrogens is 280 g/mol. The highest BCUT2D eigenvalue weighted by Gasteiger charge is 2.12. The molecule has 17 heavy (non-hydrogen) atoms. The Hall–Kier alpha value is -1.03. The lowest BCUT2D eigenvalue weighted by Gasteiger charge is -2.20. The molecule has 2 N–H and O–H groups in total. The second-order valence-electron chi connectivity index (χ2n) is 4.98. The van der Waals surface area contributed by atoms with Gasteiger partial charge < -0.3 is 10.6 Å². The highest BCUT2D eigenvalue weighted by molar-refractivity contribution is 9.10. The van der Waals surface area contributed by atoms with Gasteiger partial charge in [-0.1, -0.05) is 15.9 Å². The molecule has 0 heterocycles. The molecule has 0 aliphatic rings. The summed E-state index contributed by atoms with van der Waals surface area (Å²) in [6, 6.07) is 7.90. The van der Waals surface area contributed by atoms with E-state index in [1.54, 1.807) is 0 Å². The largest absolute Gasteiger partial charge is 0.385 e. The lowest BCUT2D eigenvalue weighted by molar-refractivity contribution is -0.122. The van der Waals surface area contributed by atoms with Crippen molar-refractivity contribution in [3.8, 4) is 0 Å². The van der Waals surface area contributed by atoms with E-state index in [0.29, 0.717) is 13.0 Å². The van der Waals surface area contributed by atoms with Gasteiger partial charge in [0, 0.05) is 28.7 Å². The number of carbonyl (C=O) groups excluding carboxylic acids is 1. The zero-order valence-corrected chi connectivity index (χ0v) is 12.1. The van der Waals surface area contributed by atoms with Gasteiger partial charge in [-0.2, -0.15) is 0 Å². The van der Waals surface area contributed by atoms with E-state index in [2.05, 4.69) is 26.6 Å². The van der Waals surface area contributed by atoms with Gasteiger partial charge in [0.25, 0.3) is 0 Å². The van der Waals surface area contributed by atoms with Crippen LogP contribution in [-0.4, -0.2) is 18.0 Å². The fraction of sp³-hybridized carbons (Fsp3) is 0.462. The van der Waals surface area contributed by atoms with Crippen LogP contribution in [0.1, 0.15) is 27.2 Å². The van der Waals surface area contributed by atoms with E-state index < -0.39 is 0 Å². The lowest BCUT2D eigenvalue weighted by Crippen LogP contribution is -2.41. The quantitative estimate of drug-likeness (QED) is 0.896. The first-order valence-corrected chi connectivity index (χ1v) is 6.46. The van der Waals surface area contributed by atoms with Gasteiger partial charge in [-0.15, -0.1) is 0 Å². The van der Waals surface area contributed by atoms with Gasteiger partial charge in [-0.3, -0.25) is 4.79 Å². The van der Waals surface area contributed by atoms with Crippen LogP contribution >= 0.6 is 15.9 Å². The average Bonchev–Trinajstić information content (AvgIpc) is 2.18. The van der Waals surface area contributed by atoms with E-state index >= 15 is 0 Å². The molecule has 0 fully saturated rings. The predicted octanol–water partition coefficient (Wildman–Crippen LogP) is 3.17. The van der Waals surface area contributed by atoms with E-state index in [9.17, 15) is 4.79 Å². The molecule has 1 aromatic carbocycles. The van der Waals surface area contributed by atoms with Crippen molar-refractivity contribution in [2.24, 2.45) is 0 Å². The van der Waals surface area contributed by atoms with Crippen LogP contribution in [0.3, 0.4) is 0 Å². The fourth-order valence-electron chi connectivity index (χ4n) is 1.37. The molecule has 4 heteroatoms. The van der Waals surface area contributed by atoms with Crippen LogP contribution < -0.4 is 10.6 Å².